The molecule has 0 unspecified atom stereocenters. The van der Waals surface area contributed by atoms with Gasteiger partial charge in [-0.1, -0.05) is 19.9 Å². The number of aromatic nitrogens is 1. The predicted molar refractivity (Wildman–Crippen MR) is 106 cm³/mol. The van der Waals surface area contributed by atoms with Gasteiger partial charge in [0.15, 0.2) is 0 Å². The smallest absolute Gasteiger partial charge is 0.275 e. The van der Waals surface area contributed by atoms with Gasteiger partial charge in [-0.25, -0.2) is 4.98 Å². The Hall–Kier alpha value is -2.25. The number of anilines is 1. The first-order valence-electron chi connectivity index (χ1n) is 8.55. The van der Waals surface area contributed by atoms with Gasteiger partial charge in [-0.3, -0.25) is 9.59 Å². The minimum Gasteiger partial charge on any atom is -0.352 e. The number of nitrogens with zero attached hydrogens (tertiary/aromatic N) is 2. The summed E-state index contributed by atoms with van der Waals surface area (Å²) < 4.78 is 0. The van der Waals surface area contributed by atoms with Crippen LogP contribution in [0.3, 0.4) is 0 Å². The molecule has 1 aromatic carbocycles. The molecule has 2 amide bonds. The monoisotopic (exact) mass is 374 g/mol. The van der Waals surface area contributed by atoms with E-state index in [-0.39, 0.29) is 11.8 Å². The van der Waals surface area contributed by atoms with Crippen molar-refractivity contribution < 1.29 is 9.59 Å². The van der Waals surface area contributed by atoms with Crippen molar-refractivity contribution in [2.45, 2.75) is 27.3 Å². The number of carbonyl (C=O) groups is 2. The number of carbonyl (C=O) groups excluding carboxylic acids is 2. The van der Waals surface area contributed by atoms with E-state index in [1.807, 2.05) is 45.8 Å². The van der Waals surface area contributed by atoms with Crippen LogP contribution in [0, 0.1) is 12.8 Å². The van der Waals surface area contributed by atoms with Gasteiger partial charge in [-0.05, 0) is 44.6 Å². The summed E-state index contributed by atoms with van der Waals surface area (Å²) in [5, 5.41) is 8.39. The Morgan fingerprint density at radius 2 is 1.96 bits per heavy atom. The van der Waals surface area contributed by atoms with Crippen LogP contribution in [-0.2, 0) is 6.54 Å². The Labute approximate surface area is 158 Å². The predicted octanol–water partition coefficient (Wildman–Crippen LogP) is 3.15. The Bertz CT molecular complexity index is 784. The maximum absolute atomic E-state index is 12.5. The van der Waals surface area contributed by atoms with Gasteiger partial charge in [-0.15, -0.1) is 11.3 Å². The standard InChI is InChI=1S/C19H26N4O2S/c1-12(2)9-20-18(24)14-7-6-13(3)15(8-14)22-19(25)16-11-26-17(21-16)10-23(4)5/h6-8,11-12H,9-10H2,1-5H3,(H,20,24)(H,22,25). The topological polar surface area (TPSA) is 74.3 Å². The third-order valence-corrected chi connectivity index (χ3v) is 4.49. The average molecular weight is 375 g/mol. The number of amides is 2. The molecule has 1 heterocycles. The summed E-state index contributed by atoms with van der Waals surface area (Å²) in [5.74, 6) is -0.0326. The molecule has 0 saturated heterocycles. The number of nitrogens with one attached hydrogen (secondary N) is 2. The molecule has 1 aromatic heterocycles. The van der Waals surface area contributed by atoms with Crippen LogP contribution in [-0.4, -0.2) is 42.3 Å². The first-order chi connectivity index (χ1) is 12.3. The molecule has 0 radical (unpaired) electrons. The number of aryl methyl sites for hydroxylation is 1. The van der Waals surface area contributed by atoms with Gasteiger partial charge >= 0.3 is 0 Å². The molecular weight excluding hydrogens is 348 g/mol. The summed E-state index contributed by atoms with van der Waals surface area (Å²) in [5.41, 5.74) is 2.43. The Morgan fingerprint density at radius 1 is 1.23 bits per heavy atom. The van der Waals surface area contributed by atoms with Crippen molar-refractivity contribution >= 4 is 28.8 Å². The first-order valence-corrected chi connectivity index (χ1v) is 9.43. The fourth-order valence-electron chi connectivity index (χ4n) is 2.24. The zero-order chi connectivity index (χ0) is 19.3. The molecule has 2 aromatic rings. The second kappa shape index (κ2) is 8.91. The van der Waals surface area contributed by atoms with Crippen LogP contribution in [0.4, 0.5) is 5.69 Å². The van der Waals surface area contributed by atoms with Gasteiger partial charge in [0, 0.05) is 29.7 Å². The third-order valence-electron chi connectivity index (χ3n) is 3.65. The lowest BCUT2D eigenvalue weighted by Crippen LogP contribution is -2.27. The fourth-order valence-corrected chi connectivity index (χ4v) is 3.13. The lowest BCUT2D eigenvalue weighted by atomic mass is 10.1. The van der Waals surface area contributed by atoms with Crippen LogP contribution in [0.1, 0.15) is 45.3 Å². The Kier molecular flexibility index (Phi) is 6.88. The van der Waals surface area contributed by atoms with Crippen LogP contribution in [0.25, 0.3) is 0 Å². The number of rotatable bonds is 7. The number of thiazole rings is 1. The van der Waals surface area contributed by atoms with Crippen molar-refractivity contribution in [2.24, 2.45) is 5.92 Å². The van der Waals surface area contributed by atoms with E-state index >= 15 is 0 Å². The van der Waals surface area contributed by atoms with E-state index in [0.29, 0.717) is 36.0 Å². The lowest BCUT2D eigenvalue weighted by Gasteiger charge is -2.11. The molecule has 26 heavy (non-hydrogen) atoms. The van der Waals surface area contributed by atoms with Gasteiger partial charge in [0.25, 0.3) is 11.8 Å². The van der Waals surface area contributed by atoms with Crippen molar-refractivity contribution in [2.75, 3.05) is 26.0 Å². The molecule has 140 valence electrons. The van der Waals surface area contributed by atoms with Gasteiger partial charge in [0.1, 0.15) is 10.7 Å². The lowest BCUT2D eigenvalue weighted by molar-refractivity contribution is 0.0947. The number of hydrogen-bond acceptors (Lipinski definition) is 5. The van der Waals surface area contributed by atoms with Crippen molar-refractivity contribution in [3.8, 4) is 0 Å². The summed E-state index contributed by atoms with van der Waals surface area (Å²) in [6.07, 6.45) is 0. The molecule has 2 N–H and O–H groups in total. The van der Waals surface area contributed by atoms with E-state index in [1.165, 1.54) is 11.3 Å². The highest BCUT2D eigenvalue weighted by atomic mass is 32.1. The van der Waals surface area contributed by atoms with E-state index in [0.717, 1.165) is 10.6 Å². The first kappa shape index (κ1) is 20.1. The number of hydrogen-bond donors (Lipinski definition) is 2. The number of benzene rings is 1. The average Bonchev–Trinajstić information content (AvgIpc) is 3.02. The minimum absolute atomic E-state index is 0.142. The largest absolute Gasteiger partial charge is 0.352 e. The normalized spacial score (nSPS) is 11.0. The van der Waals surface area contributed by atoms with Crippen LogP contribution in [0.15, 0.2) is 23.6 Å². The third kappa shape index (κ3) is 5.64. The van der Waals surface area contributed by atoms with Crippen molar-refractivity contribution in [1.82, 2.24) is 15.2 Å². The highest BCUT2D eigenvalue weighted by Crippen LogP contribution is 2.19. The molecule has 0 aliphatic rings. The van der Waals surface area contributed by atoms with E-state index in [1.54, 1.807) is 17.5 Å². The van der Waals surface area contributed by atoms with Crippen molar-refractivity contribution in [3.63, 3.8) is 0 Å². The highest BCUT2D eigenvalue weighted by Gasteiger charge is 2.14. The van der Waals surface area contributed by atoms with E-state index < -0.39 is 0 Å². The van der Waals surface area contributed by atoms with Crippen molar-refractivity contribution in [1.29, 1.82) is 0 Å². The SMILES string of the molecule is Cc1ccc(C(=O)NCC(C)C)cc1NC(=O)c1csc(CN(C)C)n1. The van der Waals surface area contributed by atoms with Crippen molar-refractivity contribution in [3.05, 3.63) is 45.4 Å². The van der Waals surface area contributed by atoms with E-state index in [4.69, 9.17) is 0 Å². The molecule has 7 heteroatoms. The molecule has 0 aliphatic heterocycles. The second-order valence-electron chi connectivity index (χ2n) is 6.95. The van der Waals surface area contributed by atoms with Gasteiger partial charge < -0.3 is 15.5 Å². The van der Waals surface area contributed by atoms with Gasteiger partial charge in [0.2, 0.25) is 0 Å². The molecule has 0 spiro atoms. The zero-order valence-electron chi connectivity index (χ0n) is 15.9. The highest BCUT2D eigenvalue weighted by molar-refractivity contribution is 7.09. The van der Waals surface area contributed by atoms with Crippen LogP contribution >= 0.6 is 11.3 Å². The molecule has 6 nitrogen and oxygen atoms in total. The molecular formula is C19H26N4O2S. The summed E-state index contributed by atoms with van der Waals surface area (Å²) in [6, 6.07) is 5.30. The molecule has 0 aliphatic carbocycles. The summed E-state index contributed by atoms with van der Waals surface area (Å²) >= 11 is 1.46. The quantitative estimate of drug-likeness (QED) is 0.781. The summed E-state index contributed by atoms with van der Waals surface area (Å²) in [4.78, 5) is 31.1. The minimum atomic E-state index is -0.269. The van der Waals surface area contributed by atoms with E-state index in [2.05, 4.69) is 15.6 Å². The fraction of sp³-hybridized carbons (Fsp3) is 0.421. The molecule has 0 atom stereocenters. The molecule has 2 rings (SSSR count). The molecule has 0 fully saturated rings. The maximum atomic E-state index is 12.5. The maximum Gasteiger partial charge on any atom is 0.275 e. The van der Waals surface area contributed by atoms with Crippen LogP contribution < -0.4 is 10.6 Å². The molecule has 0 bridgehead atoms. The summed E-state index contributed by atoms with van der Waals surface area (Å²) in [7, 11) is 3.92. The van der Waals surface area contributed by atoms with Gasteiger partial charge in [0.05, 0.1) is 0 Å². The molecule has 0 saturated carbocycles. The van der Waals surface area contributed by atoms with Crippen LogP contribution in [0.2, 0.25) is 0 Å². The second-order valence-corrected chi connectivity index (χ2v) is 7.89. The van der Waals surface area contributed by atoms with Crippen LogP contribution in [0.5, 0.6) is 0 Å². The van der Waals surface area contributed by atoms with Gasteiger partial charge in [-0.2, -0.15) is 0 Å². The summed E-state index contributed by atoms with van der Waals surface area (Å²) in [6.45, 7) is 7.28. The Morgan fingerprint density at radius 3 is 2.62 bits per heavy atom. The van der Waals surface area contributed by atoms with E-state index in [9.17, 15) is 9.59 Å². The zero-order valence-corrected chi connectivity index (χ0v) is 16.7. The Balaban J connectivity index is 2.10.